The Bertz CT molecular complexity index is 1290. The Hall–Kier alpha value is -4.14. The van der Waals surface area contributed by atoms with Crippen molar-refractivity contribution < 1.29 is 33.0 Å². The molecule has 0 bridgehead atoms. The van der Waals surface area contributed by atoms with Gasteiger partial charge in [-0.1, -0.05) is 31.4 Å². The van der Waals surface area contributed by atoms with Crippen LogP contribution in [0.3, 0.4) is 0 Å². The molecule has 39 heavy (non-hydrogen) atoms. The van der Waals surface area contributed by atoms with E-state index in [0.29, 0.717) is 40.2 Å². The van der Waals surface area contributed by atoms with E-state index in [-0.39, 0.29) is 18.6 Å². The molecule has 5 rings (SSSR count). The highest BCUT2D eigenvalue weighted by molar-refractivity contribution is 6.03. The normalized spacial score (nSPS) is 17.7. The quantitative estimate of drug-likeness (QED) is 0.436. The number of hydrogen-bond donors (Lipinski definition) is 1. The Morgan fingerprint density at radius 1 is 0.949 bits per heavy atom. The average Bonchev–Trinajstić information content (AvgIpc) is 3.40. The number of para-hydroxylation sites is 2. The number of hydrogen-bond acceptors (Lipinski definition) is 7. The van der Waals surface area contributed by atoms with E-state index in [1.165, 1.54) is 19.1 Å². The van der Waals surface area contributed by atoms with Gasteiger partial charge in [-0.3, -0.25) is 14.5 Å². The van der Waals surface area contributed by atoms with Crippen molar-refractivity contribution in [1.29, 1.82) is 0 Å². The maximum absolute atomic E-state index is 14.3. The first kappa shape index (κ1) is 26.5. The molecule has 2 aliphatic rings. The molecule has 0 saturated heterocycles. The van der Waals surface area contributed by atoms with Gasteiger partial charge >= 0.3 is 0 Å². The van der Waals surface area contributed by atoms with Crippen molar-refractivity contribution in [3.8, 4) is 23.0 Å². The molecule has 0 radical (unpaired) electrons. The average molecular weight is 535 g/mol. The van der Waals surface area contributed by atoms with Crippen molar-refractivity contribution in [1.82, 2.24) is 5.32 Å². The molecule has 1 aromatic heterocycles. The van der Waals surface area contributed by atoms with Crippen molar-refractivity contribution in [3.63, 3.8) is 0 Å². The molecule has 1 aliphatic carbocycles. The highest BCUT2D eigenvalue weighted by atomic mass is 16.6. The van der Waals surface area contributed by atoms with Gasteiger partial charge in [0.25, 0.3) is 11.8 Å². The van der Waals surface area contributed by atoms with E-state index in [9.17, 15) is 9.59 Å². The van der Waals surface area contributed by atoms with Gasteiger partial charge in [0.05, 0.1) is 19.9 Å². The summed E-state index contributed by atoms with van der Waals surface area (Å²) < 4.78 is 28.9. The second-order valence-electron chi connectivity index (χ2n) is 9.84. The van der Waals surface area contributed by atoms with Crippen LogP contribution in [0.15, 0.2) is 59.0 Å². The zero-order chi connectivity index (χ0) is 27.4. The molecule has 1 aliphatic heterocycles. The number of anilines is 1. The van der Waals surface area contributed by atoms with E-state index in [4.69, 9.17) is 23.4 Å². The van der Waals surface area contributed by atoms with Crippen LogP contribution in [-0.4, -0.2) is 44.8 Å². The number of aryl methyl sites for hydroxylation is 1. The maximum Gasteiger partial charge on any atom is 0.272 e. The van der Waals surface area contributed by atoms with Gasteiger partial charge in [0.2, 0.25) is 6.10 Å². The van der Waals surface area contributed by atoms with Crippen molar-refractivity contribution in [3.05, 3.63) is 66.1 Å². The number of nitrogens with one attached hydrogen (secondary N) is 1. The maximum atomic E-state index is 14.3. The summed E-state index contributed by atoms with van der Waals surface area (Å²) in [4.78, 5) is 29.8. The fourth-order valence-corrected chi connectivity index (χ4v) is 5.13. The Balaban J connectivity index is 1.58. The third-order valence-corrected chi connectivity index (χ3v) is 7.12. The summed E-state index contributed by atoms with van der Waals surface area (Å²) in [6, 6.07) is 14.7. The zero-order valence-electron chi connectivity index (χ0n) is 22.5. The first-order valence-electron chi connectivity index (χ1n) is 13.3. The van der Waals surface area contributed by atoms with Crippen LogP contribution in [0.25, 0.3) is 0 Å². The Kier molecular flexibility index (Phi) is 7.95. The zero-order valence-corrected chi connectivity index (χ0v) is 22.5. The lowest BCUT2D eigenvalue weighted by atomic mass is 9.95. The van der Waals surface area contributed by atoms with Crippen LogP contribution in [0.4, 0.5) is 5.69 Å². The molecule has 1 saturated carbocycles. The molecule has 1 fully saturated rings. The smallest absolute Gasteiger partial charge is 0.272 e. The topological polar surface area (TPSA) is 99.5 Å². The molecule has 2 amide bonds. The fraction of sp³-hybridized carbons (Fsp3) is 0.400. The molecule has 2 atom stereocenters. The van der Waals surface area contributed by atoms with Crippen LogP contribution in [0.2, 0.25) is 0 Å². The summed E-state index contributed by atoms with van der Waals surface area (Å²) in [6.07, 6.45) is 4.05. The standard InChI is InChI=1S/C30H34N2O7/c1-19-13-14-26(38-19)28(29(33)31-20-9-5-4-6-10-20)32(21-15-22(35-2)17-23(16-21)36-3)30(34)27-18-37-24-11-7-8-12-25(24)39-27/h7-8,11-17,20,27-28H,4-6,9-10,18H2,1-3H3,(H,31,33)/t27-,28+/m1/s1. The predicted octanol–water partition coefficient (Wildman–Crippen LogP) is 4.97. The van der Waals surface area contributed by atoms with Crippen molar-refractivity contribution in [2.75, 3.05) is 25.7 Å². The second kappa shape index (κ2) is 11.7. The van der Waals surface area contributed by atoms with Crippen LogP contribution >= 0.6 is 0 Å². The number of ether oxygens (including phenoxy) is 4. The minimum Gasteiger partial charge on any atom is -0.497 e. The summed E-state index contributed by atoms with van der Waals surface area (Å²) >= 11 is 0. The third-order valence-electron chi connectivity index (χ3n) is 7.12. The number of nitrogens with zero attached hydrogens (tertiary/aromatic N) is 1. The lowest BCUT2D eigenvalue weighted by Gasteiger charge is -2.35. The lowest BCUT2D eigenvalue weighted by molar-refractivity contribution is -0.132. The van der Waals surface area contributed by atoms with Gasteiger partial charge in [0.1, 0.15) is 29.6 Å². The van der Waals surface area contributed by atoms with Crippen LogP contribution in [0.1, 0.15) is 49.7 Å². The summed E-state index contributed by atoms with van der Waals surface area (Å²) in [5.74, 6) is 2.13. The van der Waals surface area contributed by atoms with E-state index in [2.05, 4.69) is 5.32 Å². The number of carbonyl (C=O) groups excluding carboxylic acids is 2. The second-order valence-corrected chi connectivity index (χ2v) is 9.84. The van der Waals surface area contributed by atoms with Crippen LogP contribution in [0, 0.1) is 6.92 Å². The molecular formula is C30H34N2O7. The predicted molar refractivity (Wildman–Crippen MR) is 145 cm³/mol. The van der Waals surface area contributed by atoms with Gasteiger partial charge in [0.15, 0.2) is 17.5 Å². The van der Waals surface area contributed by atoms with Crippen LogP contribution < -0.4 is 29.2 Å². The summed E-state index contributed by atoms with van der Waals surface area (Å²) in [5, 5.41) is 3.18. The van der Waals surface area contributed by atoms with Crippen molar-refractivity contribution in [2.24, 2.45) is 0 Å². The number of rotatable bonds is 8. The molecule has 3 aromatic rings. The lowest BCUT2D eigenvalue weighted by Crippen LogP contribution is -2.52. The highest BCUT2D eigenvalue weighted by Gasteiger charge is 2.41. The van der Waals surface area contributed by atoms with Gasteiger partial charge < -0.3 is 28.7 Å². The largest absolute Gasteiger partial charge is 0.497 e. The van der Waals surface area contributed by atoms with Gasteiger partial charge in [-0.2, -0.15) is 0 Å². The van der Waals surface area contributed by atoms with Crippen molar-refractivity contribution >= 4 is 17.5 Å². The summed E-state index contributed by atoms with van der Waals surface area (Å²) in [6.45, 7) is 1.79. The number of methoxy groups -OCH3 is 2. The molecule has 206 valence electrons. The number of furan rings is 1. The number of fused-ring (bicyclic) bond motifs is 1. The van der Waals surface area contributed by atoms with E-state index in [1.54, 1.807) is 49.4 Å². The highest BCUT2D eigenvalue weighted by Crippen LogP contribution is 2.37. The molecule has 0 unspecified atom stereocenters. The third kappa shape index (κ3) is 5.82. The Morgan fingerprint density at radius 3 is 2.28 bits per heavy atom. The van der Waals surface area contributed by atoms with E-state index in [1.807, 2.05) is 12.1 Å². The first-order valence-corrected chi connectivity index (χ1v) is 13.3. The number of benzene rings is 2. The van der Waals surface area contributed by atoms with Gasteiger partial charge in [-0.05, 0) is 44.0 Å². The van der Waals surface area contributed by atoms with Crippen LogP contribution in [0.5, 0.6) is 23.0 Å². The molecular weight excluding hydrogens is 500 g/mol. The number of amides is 2. The first-order chi connectivity index (χ1) is 19.0. The minimum atomic E-state index is -1.11. The number of carbonyl (C=O) groups is 2. The summed E-state index contributed by atoms with van der Waals surface area (Å²) in [7, 11) is 3.06. The molecule has 9 nitrogen and oxygen atoms in total. The molecule has 9 heteroatoms. The monoisotopic (exact) mass is 534 g/mol. The van der Waals surface area contributed by atoms with E-state index < -0.39 is 18.1 Å². The molecule has 2 heterocycles. The van der Waals surface area contributed by atoms with Gasteiger partial charge in [0, 0.05) is 24.2 Å². The van der Waals surface area contributed by atoms with Crippen molar-refractivity contribution in [2.45, 2.75) is 57.2 Å². The minimum absolute atomic E-state index is 0.0123. The molecule has 1 N–H and O–H groups in total. The van der Waals surface area contributed by atoms with E-state index in [0.717, 1.165) is 32.1 Å². The van der Waals surface area contributed by atoms with Gasteiger partial charge in [-0.15, -0.1) is 0 Å². The molecule has 0 spiro atoms. The summed E-state index contributed by atoms with van der Waals surface area (Å²) in [5.41, 5.74) is 0.400. The Morgan fingerprint density at radius 2 is 1.64 bits per heavy atom. The Labute approximate surface area is 228 Å². The van der Waals surface area contributed by atoms with Gasteiger partial charge in [-0.25, -0.2) is 0 Å². The van der Waals surface area contributed by atoms with E-state index >= 15 is 0 Å². The van der Waals surface area contributed by atoms with Crippen LogP contribution in [-0.2, 0) is 9.59 Å². The fourth-order valence-electron chi connectivity index (χ4n) is 5.13. The SMILES string of the molecule is COc1cc(OC)cc(N(C(=O)[C@H]2COc3ccccc3O2)[C@H](C(=O)NC2CCCCC2)c2ccc(C)o2)c1. The molecule has 2 aromatic carbocycles.